The molecule has 4 aromatic rings. The Hall–Kier alpha value is -4.40. The molecule has 9 nitrogen and oxygen atoms in total. The molecule has 0 bridgehead atoms. The van der Waals surface area contributed by atoms with Crippen LogP contribution in [0.3, 0.4) is 0 Å². The molecule has 0 aliphatic carbocycles. The minimum absolute atomic E-state index is 0.185. The van der Waals surface area contributed by atoms with Crippen LogP contribution < -0.4 is 5.69 Å². The van der Waals surface area contributed by atoms with E-state index in [2.05, 4.69) is 4.98 Å². The highest BCUT2D eigenvalue weighted by atomic mass is 16.6. The van der Waals surface area contributed by atoms with Gasteiger partial charge in [-0.25, -0.2) is 23.9 Å². The molecule has 1 fully saturated rings. The molecule has 0 unspecified atom stereocenters. The first-order valence-corrected chi connectivity index (χ1v) is 12.5. The molecule has 1 aliphatic rings. The van der Waals surface area contributed by atoms with E-state index in [0.29, 0.717) is 36.4 Å². The maximum Gasteiger partial charge on any atom is 0.410 e. The minimum Gasteiger partial charge on any atom is -0.465 e. The van der Waals surface area contributed by atoms with Gasteiger partial charge in [-0.2, -0.15) is 0 Å². The van der Waals surface area contributed by atoms with Crippen LogP contribution in [0, 0.1) is 0 Å². The zero-order valence-corrected chi connectivity index (χ0v) is 21.9. The Bertz CT molecular complexity index is 1550. The SMILES string of the molecule is COC(=O)c1ccc(-c2ccc(-n3c(=O)n([C@H]4CCN(C(=O)OC(C)(C)C)C4)c4cccnc43)cc2)cc1. The van der Waals surface area contributed by atoms with Crippen LogP contribution in [0.15, 0.2) is 71.7 Å². The summed E-state index contributed by atoms with van der Waals surface area (Å²) in [6.45, 7) is 6.42. The van der Waals surface area contributed by atoms with Crippen molar-refractivity contribution in [2.45, 2.75) is 38.8 Å². The Morgan fingerprint density at radius 1 is 0.974 bits per heavy atom. The van der Waals surface area contributed by atoms with E-state index in [1.807, 2.05) is 69.3 Å². The van der Waals surface area contributed by atoms with E-state index in [-0.39, 0.29) is 23.8 Å². The van der Waals surface area contributed by atoms with Crippen LogP contribution in [0.25, 0.3) is 28.0 Å². The number of imidazole rings is 1. The number of ether oxygens (including phenoxy) is 2. The molecule has 0 N–H and O–H groups in total. The third-order valence-corrected chi connectivity index (χ3v) is 6.58. The number of rotatable bonds is 4. The van der Waals surface area contributed by atoms with Crippen molar-refractivity contribution in [2.75, 3.05) is 20.2 Å². The molecule has 0 radical (unpaired) electrons. The van der Waals surface area contributed by atoms with Crippen molar-refractivity contribution < 1.29 is 19.1 Å². The number of likely N-dealkylation sites (tertiary alicyclic amines) is 1. The molecule has 2 aromatic heterocycles. The number of fused-ring (bicyclic) bond motifs is 1. The van der Waals surface area contributed by atoms with E-state index >= 15 is 0 Å². The number of methoxy groups -OCH3 is 1. The number of carbonyl (C=O) groups excluding carboxylic acids is 2. The number of benzene rings is 2. The Kier molecular flexibility index (Phi) is 6.52. The number of nitrogens with zero attached hydrogens (tertiary/aromatic N) is 4. The molecule has 5 rings (SSSR count). The molecule has 196 valence electrons. The highest BCUT2D eigenvalue weighted by molar-refractivity contribution is 5.90. The van der Waals surface area contributed by atoms with Crippen molar-refractivity contribution in [2.24, 2.45) is 0 Å². The van der Waals surface area contributed by atoms with Gasteiger partial charge in [0.15, 0.2) is 5.65 Å². The number of hydrogen-bond acceptors (Lipinski definition) is 6. The van der Waals surface area contributed by atoms with Gasteiger partial charge in [0.1, 0.15) is 5.60 Å². The number of aromatic nitrogens is 3. The third-order valence-electron chi connectivity index (χ3n) is 6.58. The van der Waals surface area contributed by atoms with Gasteiger partial charge in [-0.05, 0) is 74.7 Å². The second kappa shape index (κ2) is 9.81. The monoisotopic (exact) mass is 514 g/mol. The predicted octanol–water partition coefficient (Wildman–Crippen LogP) is 4.82. The van der Waals surface area contributed by atoms with Crippen molar-refractivity contribution in [3.63, 3.8) is 0 Å². The molecule has 0 spiro atoms. The van der Waals surface area contributed by atoms with E-state index in [1.165, 1.54) is 7.11 Å². The number of pyridine rings is 1. The van der Waals surface area contributed by atoms with Gasteiger partial charge < -0.3 is 14.4 Å². The highest BCUT2D eigenvalue weighted by Crippen LogP contribution is 2.28. The maximum absolute atomic E-state index is 13.8. The molecule has 1 amide bonds. The standard InChI is InChI=1S/C29H30N4O5/c1-29(2,3)38-28(36)31-17-15-23(18-31)32-24-6-5-16-30-25(24)33(27(32)35)22-13-11-20(12-14-22)19-7-9-21(10-8-19)26(34)37-4/h5-14,16,23H,15,17-18H2,1-4H3/t23-/m0/s1. The zero-order valence-electron chi connectivity index (χ0n) is 21.9. The molecule has 2 aromatic carbocycles. The Morgan fingerprint density at radius 3 is 2.26 bits per heavy atom. The van der Waals surface area contributed by atoms with E-state index < -0.39 is 5.60 Å². The zero-order chi connectivity index (χ0) is 27.0. The smallest absolute Gasteiger partial charge is 0.410 e. The van der Waals surface area contributed by atoms with Gasteiger partial charge in [0.05, 0.1) is 29.9 Å². The lowest BCUT2D eigenvalue weighted by atomic mass is 10.0. The molecular formula is C29H30N4O5. The lowest BCUT2D eigenvalue weighted by Crippen LogP contribution is -2.36. The fourth-order valence-corrected chi connectivity index (χ4v) is 4.80. The van der Waals surface area contributed by atoms with Crippen LogP contribution in [0.4, 0.5) is 4.79 Å². The van der Waals surface area contributed by atoms with Gasteiger partial charge in [0, 0.05) is 19.3 Å². The van der Waals surface area contributed by atoms with Gasteiger partial charge in [0.2, 0.25) is 0 Å². The van der Waals surface area contributed by atoms with Gasteiger partial charge in [-0.15, -0.1) is 0 Å². The van der Waals surface area contributed by atoms with Crippen LogP contribution in [-0.4, -0.2) is 56.9 Å². The van der Waals surface area contributed by atoms with E-state index in [9.17, 15) is 14.4 Å². The summed E-state index contributed by atoms with van der Waals surface area (Å²) in [6, 6.07) is 18.3. The summed E-state index contributed by atoms with van der Waals surface area (Å²) >= 11 is 0. The highest BCUT2D eigenvalue weighted by Gasteiger charge is 2.33. The summed E-state index contributed by atoms with van der Waals surface area (Å²) in [5.74, 6) is -0.383. The second-order valence-corrected chi connectivity index (χ2v) is 10.3. The first-order valence-electron chi connectivity index (χ1n) is 12.5. The Balaban J connectivity index is 1.45. The van der Waals surface area contributed by atoms with Crippen LogP contribution in [0.2, 0.25) is 0 Å². The van der Waals surface area contributed by atoms with Crippen molar-refractivity contribution >= 4 is 23.2 Å². The molecule has 9 heteroatoms. The Labute approximate surface area is 220 Å². The average Bonchev–Trinajstić information content (AvgIpc) is 3.49. The average molecular weight is 515 g/mol. The van der Waals surface area contributed by atoms with Crippen molar-refractivity contribution in [3.8, 4) is 16.8 Å². The Morgan fingerprint density at radius 2 is 1.63 bits per heavy atom. The van der Waals surface area contributed by atoms with Crippen LogP contribution in [-0.2, 0) is 9.47 Å². The van der Waals surface area contributed by atoms with Gasteiger partial charge in [-0.3, -0.25) is 4.57 Å². The summed E-state index contributed by atoms with van der Waals surface area (Å²) in [4.78, 5) is 44.3. The molecule has 1 aliphatic heterocycles. The number of carbonyl (C=O) groups is 2. The first-order chi connectivity index (χ1) is 18.2. The fraction of sp³-hybridized carbons (Fsp3) is 0.310. The molecule has 1 saturated heterocycles. The lowest BCUT2D eigenvalue weighted by Gasteiger charge is -2.24. The van der Waals surface area contributed by atoms with Crippen LogP contribution in [0.5, 0.6) is 0 Å². The second-order valence-electron chi connectivity index (χ2n) is 10.3. The number of amides is 1. The summed E-state index contributed by atoms with van der Waals surface area (Å²) in [7, 11) is 1.35. The van der Waals surface area contributed by atoms with Crippen molar-refractivity contribution in [3.05, 3.63) is 82.9 Å². The first kappa shape index (κ1) is 25.3. The van der Waals surface area contributed by atoms with Gasteiger partial charge in [0.25, 0.3) is 0 Å². The third kappa shape index (κ3) is 4.79. The quantitative estimate of drug-likeness (QED) is 0.362. The summed E-state index contributed by atoms with van der Waals surface area (Å²) < 4.78 is 13.6. The summed E-state index contributed by atoms with van der Waals surface area (Å²) in [6.07, 6.45) is 1.94. The molecule has 0 saturated carbocycles. The van der Waals surface area contributed by atoms with E-state index in [0.717, 1.165) is 16.6 Å². The largest absolute Gasteiger partial charge is 0.465 e. The van der Waals surface area contributed by atoms with Crippen molar-refractivity contribution in [1.29, 1.82) is 0 Å². The topological polar surface area (TPSA) is 95.7 Å². The lowest BCUT2D eigenvalue weighted by molar-refractivity contribution is 0.0288. The number of hydrogen-bond donors (Lipinski definition) is 0. The number of esters is 1. The normalized spacial score (nSPS) is 15.6. The fourth-order valence-electron chi connectivity index (χ4n) is 4.80. The van der Waals surface area contributed by atoms with Crippen molar-refractivity contribution in [1.82, 2.24) is 19.0 Å². The summed E-state index contributed by atoms with van der Waals surface area (Å²) in [5, 5.41) is 0. The minimum atomic E-state index is -0.582. The van der Waals surface area contributed by atoms with E-state index in [1.54, 1.807) is 32.4 Å². The van der Waals surface area contributed by atoms with Gasteiger partial charge in [-0.1, -0.05) is 24.3 Å². The maximum atomic E-state index is 13.8. The molecule has 3 heterocycles. The van der Waals surface area contributed by atoms with Crippen LogP contribution in [0.1, 0.15) is 43.6 Å². The molecule has 1 atom stereocenters. The predicted molar refractivity (Wildman–Crippen MR) is 144 cm³/mol. The van der Waals surface area contributed by atoms with E-state index in [4.69, 9.17) is 9.47 Å². The summed E-state index contributed by atoms with van der Waals surface area (Å²) in [5.41, 5.74) is 3.54. The molecule has 38 heavy (non-hydrogen) atoms. The molecular weight excluding hydrogens is 484 g/mol. The van der Waals surface area contributed by atoms with Crippen LogP contribution >= 0.6 is 0 Å². The van der Waals surface area contributed by atoms with Gasteiger partial charge >= 0.3 is 17.8 Å².